The Morgan fingerprint density at radius 3 is 2.80 bits per heavy atom. The minimum Gasteiger partial charge on any atom is -0.489 e. The second-order valence-corrected chi connectivity index (χ2v) is 4.75. The Hall–Kier alpha value is -2.14. The Balaban J connectivity index is 2.04. The number of aromatic nitrogens is 1. The van der Waals surface area contributed by atoms with Crippen LogP contribution in [0.25, 0.3) is 10.9 Å². The van der Waals surface area contributed by atoms with Gasteiger partial charge in [0, 0.05) is 24.4 Å². The third-order valence-electron chi connectivity index (χ3n) is 3.41. The van der Waals surface area contributed by atoms with Crippen LogP contribution in [0, 0.1) is 0 Å². The molecule has 1 N–H and O–H groups in total. The number of carboxylic acids is 1. The fourth-order valence-corrected chi connectivity index (χ4v) is 2.36. The summed E-state index contributed by atoms with van der Waals surface area (Å²) in [4.78, 5) is 15.5. The lowest BCUT2D eigenvalue weighted by molar-refractivity contribution is 0.0254. The molecule has 1 aliphatic rings. The average Bonchev–Trinajstić information content (AvgIpc) is 2.48. The van der Waals surface area contributed by atoms with Crippen molar-refractivity contribution < 1.29 is 19.4 Å². The van der Waals surface area contributed by atoms with Gasteiger partial charge in [-0.3, -0.25) is 4.98 Å². The molecule has 0 aliphatic carbocycles. The lowest BCUT2D eigenvalue weighted by atomic mass is 10.1. The van der Waals surface area contributed by atoms with Gasteiger partial charge in [-0.1, -0.05) is 12.1 Å². The van der Waals surface area contributed by atoms with Crippen LogP contribution in [-0.2, 0) is 4.74 Å². The summed E-state index contributed by atoms with van der Waals surface area (Å²) in [5, 5.41) is 10.0. The SMILES string of the molecule is O=C(O)c1cnc2ccccc2c1OC1CCOCC1. The first-order valence-electron chi connectivity index (χ1n) is 6.61. The first-order chi connectivity index (χ1) is 9.75. The molecule has 1 aromatic heterocycles. The minimum atomic E-state index is -1.02. The summed E-state index contributed by atoms with van der Waals surface area (Å²) in [7, 11) is 0. The summed E-state index contributed by atoms with van der Waals surface area (Å²) < 4.78 is 11.3. The first kappa shape index (κ1) is 12.9. The molecule has 5 heteroatoms. The summed E-state index contributed by atoms with van der Waals surface area (Å²) >= 11 is 0. The first-order valence-corrected chi connectivity index (χ1v) is 6.61. The van der Waals surface area contributed by atoms with Crippen molar-refractivity contribution in [1.82, 2.24) is 4.98 Å². The summed E-state index contributed by atoms with van der Waals surface area (Å²) in [5.74, 6) is -0.611. The molecule has 0 bridgehead atoms. The summed E-state index contributed by atoms with van der Waals surface area (Å²) in [6, 6.07) is 7.40. The van der Waals surface area contributed by atoms with Gasteiger partial charge in [0.25, 0.3) is 0 Å². The quantitative estimate of drug-likeness (QED) is 0.930. The Kier molecular flexibility index (Phi) is 3.52. The van der Waals surface area contributed by atoms with E-state index in [1.54, 1.807) is 0 Å². The molecule has 104 valence electrons. The smallest absolute Gasteiger partial charge is 0.341 e. The number of aromatic carboxylic acids is 1. The van der Waals surface area contributed by atoms with Crippen LogP contribution in [0.2, 0.25) is 0 Å². The van der Waals surface area contributed by atoms with Gasteiger partial charge in [-0.05, 0) is 12.1 Å². The maximum atomic E-state index is 11.4. The fraction of sp³-hybridized carbons (Fsp3) is 0.333. The molecule has 0 unspecified atom stereocenters. The lowest BCUT2D eigenvalue weighted by Gasteiger charge is -2.24. The van der Waals surface area contributed by atoms with Crippen molar-refractivity contribution in [2.75, 3.05) is 13.2 Å². The minimum absolute atomic E-state index is 0.00680. The highest BCUT2D eigenvalue weighted by atomic mass is 16.5. The van der Waals surface area contributed by atoms with Gasteiger partial charge in [0.15, 0.2) is 0 Å². The molecular formula is C15H15NO4. The van der Waals surface area contributed by atoms with Crippen molar-refractivity contribution in [3.05, 3.63) is 36.0 Å². The van der Waals surface area contributed by atoms with Crippen LogP contribution in [0.1, 0.15) is 23.2 Å². The van der Waals surface area contributed by atoms with Gasteiger partial charge in [0.05, 0.1) is 18.7 Å². The molecular weight excluding hydrogens is 258 g/mol. The van der Waals surface area contributed by atoms with Gasteiger partial charge in [-0.25, -0.2) is 4.79 Å². The van der Waals surface area contributed by atoms with Crippen LogP contribution in [-0.4, -0.2) is 35.4 Å². The topological polar surface area (TPSA) is 68.7 Å². The zero-order valence-corrected chi connectivity index (χ0v) is 10.9. The van der Waals surface area contributed by atoms with Gasteiger partial charge in [-0.15, -0.1) is 0 Å². The van der Waals surface area contributed by atoms with Crippen LogP contribution < -0.4 is 4.74 Å². The molecule has 2 heterocycles. The molecule has 2 aromatic rings. The molecule has 1 fully saturated rings. The van der Waals surface area contributed by atoms with Crippen molar-refractivity contribution in [2.24, 2.45) is 0 Å². The number of hydrogen-bond donors (Lipinski definition) is 1. The Bertz CT molecular complexity index is 635. The zero-order valence-electron chi connectivity index (χ0n) is 10.9. The number of rotatable bonds is 3. The molecule has 1 aliphatic heterocycles. The van der Waals surface area contributed by atoms with Crippen molar-refractivity contribution >= 4 is 16.9 Å². The number of carbonyl (C=O) groups is 1. The summed E-state index contributed by atoms with van der Waals surface area (Å²) in [6.07, 6.45) is 2.90. The van der Waals surface area contributed by atoms with Crippen LogP contribution in [0.15, 0.2) is 30.5 Å². The van der Waals surface area contributed by atoms with E-state index in [0.717, 1.165) is 23.7 Å². The van der Waals surface area contributed by atoms with E-state index in [4.69, 9.17) is 9.47 Å². The Morgan fingerprint density at radius 2 is 2.05 bits per heavy atom. The van der Waals surface area contributed by atoms with Gasteiger partial charge in [0.2, 0.25) is 0 Å². The maximum Gasteiger partial charge on any atom is 0.341 e. The number of benzene rings is 1. The lowest BCUT2D eigenvalue weighted by Crippen LogP contribution is -2.26. The molecule has 5 nitrogen and oxygen atoms in total. The predicted octanol–water partition coefficient (Wildman–Crippen LogP) is 2.49. The highest BCUT2D eigenvalue weighted by Gasteiger charge is 2.21. The van der Waals surface area contributed by atoms with Gasteiger partial charge in [-0.2, -0.15) is 0 Å². The van der Waals surface area contributed by atoms with Crippen molar-refractivity contribution in [2.45, 2.75) is 18.9 Å². The van der Waals surface area contributed by atoms with Crippen molar-refractivity contribution in [3.63, 3.8) is 0 Å². The van der Waals surface area contributed by atoms with E-state index < -0.39 is 5.97 Å². The second-order valence-electron chi connectivity index (χ2n) is 4.75. The molecule has 0 amide bonds. The Labute approximate surface area is 116 Å². The molecule has 3 rings (SSSR count). The van der Waals surface area contributed by atoms with Gasteiger partial charge in [0.1, 0.15) is 17.4 Å². The summed E-state index contributed by atoms with van der Waals surface area (Å²) in [6.45, 7) is 1.30. The summed E-state index contributed by atoms with van der Waals surface area (Å²) in [5.41, 5.74) is 0.842. The number of carboxylic acid groups (broad SMARTS) is 1. The van der Waals surface area contributed by atoms with Crippen LogP contribution in [0.5, 0.6) is 5.75 Å². The predicted molar refractivity (Wildman–Crippen MR) is 73.2 cm³/mol. The molecule has 0 saturated carbocycles. The number of fused-ring (bicyclic) bond motifs is 1. The van der Waals surface area contributed by atoms with E-state index in [-0.39, 0.29) is 11.7 Å². The maximum absolute atomic E-state index is 11.4. The van der Waals surface area contributed by atoms with E-state index in [1.165, 1.54) is 6.20 Å². The van der Waals surface area contributed by atoms with E-state index in [2.05, 4.69) is 4.98 Å². The van der Waals surface area contributed by atoms with Crippen molar-refractivity contribution in [3.8, 4) is 5.75 Å². The second kappa shape index (κ2) is 5.46. The van der Waals surface area contributed by atoms with Crippen LogP contribution >= 0.6 is 0 Å². The molecule has 0 radical (unpaired) electrons. The molecule has 1 aromatic carbocycles. The molecule has 0 spiro atoms. The monoisotopic (exact) mass is 273 g/mol. The molecule has 0 atom stereocenters. The van der Waals surface area contributed by atoms with E-state index in [9.17, 15) is 9.90 Å². The number of para-hydroxylation sites is 1. The third-order valence-corrected chi connectivity index (χ3v) is 3.41. The standard InChI is InChI=1S/C15H15NO4/c17-15(18)12-9-16-13-4-2-1-3-11(13)14(12)20-10-5-7-19-8-6-10/h1-4,9-10H,5-8H2,(H,17,18). The fourth-order valence-electron chi connectivity index (χ4n) is 2.36. The number of nitrogens with zero attached hydrogens (tertiary/aromatic N) is 1. The van der Waals surface area contributed by atoms with Crippen molar-refractivity contribution in [1.29, 1.82) is 0 Å². The highest BCUT2D eigenvalue weighted by molar-refractivity contribution is 5.98. The van der Waals surface area contributed by atoms with Crippen LogP contribution in [0.3, 0.4) is 0 Å². The number of hydrogen-bond acceptors (Lipinski definition) is 4. The van der Waals surface area contributed by atoms with E-state index in [1.807, 2.05) is 24.3 Å². The van der Waals surface area contributed by atoms with E-state index in [0.29, 0.717) is 19.0 Å². The number of pyridine rings is 1. The third kappa shape index (κ3) is 2.44. The van der Waals surface area contributed by atoms with Gasteiger partial charge < -0.3 is 14.6 Å². The van der Waals surface area contributed by atoms with Crippen LogP contribution in [0.4, 0.5) is 0 Å². The normalized spacial score (nSPS) is 16.2. The molecule has 20 heavy (non-hydrogen) atoms. The highest BCUT2D eigenvalue weighted by Crippen LogP contribution is 2.30. The van der Waals surface area contributed by atoms with Gasteiger partial charge >= 0.3 is 5.97 Å². The zero-order chi connectivity index (χ0) is 13.9. The van der Waals surface area contributed by atoms with E-state index >= 15 is 0 Å². The largest absolute Gasteiger partial charge is 0.489 e. The Morgan fingerprint density at radius 1 is 1.30 bits per heavy atom. The number of ether oxygens (including phenoxy) is 2. The average molecular weight is 273 g/mol. The molecule has 1 saturated heterocycles.